The predicted molar refractivity (Wildman–Crippen MR) is 161 cm³/mol. The molecule has 0 aliphatic carbocycles. The molecule has 3 aromatic rings. The maximum absolute atomic E-state index is 12.4. The van der Waals surface area contributed by atoms with E-state index in [1.807, 2.05) is 18.0 Å². The van der Waals surface area contributed by atoms with Gasteiger partial charge in [-0.2, -0.15) is 0 Å². The summed E-state index contributed by atoms with van der Waals surface area (Å²) in [6, 6.07) is 6.37. The average molecular weight is 648 g/mol. The van der Waals surface area contributed by atoms with Gasteiger partial charge in [-0.05, 0) is 49.6 Å². The van der Waals surface area contributed by atoms with Gasteiger partial charge >= 0.3 is 23.9 Å². The number of amides is 2. The largest absolute Gasteiger partial charge is 0.481 e. The normalized spacial score (nSPS) is 11.8. The van der Waals surface area contributed by atoms with Crippen molar-refractivity contribution in [2.24, 2.45) is 0 Å². The van der Waals surface area contributed by atoms with Gasteiger partial charge in [0.25, 0.3) is 11.5 Å². The van der Waals surface area contributed by atoms with Crippen molar-refractivity contribution in [3.05, 3.63) is 57.0 Å². The highest BCUT2D eigenvalue weighted by Crippen LogP contribution is 2.27. The third kappa shape index (κ3) is 11.7. The lowest BCUT2D eigenvalue weighted by Gasteiger charge is -2.17. The van der Waals surface area contributed by atoms with Crippen LogP contribution in [-0.2, 0) is 30.5 Å². The molecule has 2 amide bonds. The molecule has 7 N–H and O–H groups in total. The number of carbonyl (C=O) groups excluding carboxylic acids is 2. The second kappa shape index (κ2) is 16.5. The Kier molecular flexibility index (Phi) is 13.2. The number of carboxylic acid groups (broad SMARTS) is 4. The standard InChI is InChI=1S/C21H22N4O6S.C7H11NO5/c1-11-22-14-4-3-12(9-13(14)19(28)23-11)10-25(2)17-7-6-16(32-17)20(29)24-15(21(30)31)5-8-18(26)27;1-4(9)8-5(7(12)13)2-3-6(10)11/h3-4,6-7,9,15H,5,8,10H2,1-2H3,(H,24,29)(H,26,27)(H,30,31)(H,22,23,28);5H,2-3H2,1H3,(H,8,9)(H,10,11)(H,12,13)/t15-;/m0./s1. The Hall–Kier alpha value is -5.32. The van der Waals surface area contributed by atoms with E-state index in [-0.39, 0.29) is 31.2 Å². The molecule has 0 aliphatic heterocycles. The van der Waals surface area contributed by atoms with Gasteiger partial charge in [-0.25, -0.2) is 14.6 Å². The van der Waals surface area contributed by atoms with Crippen LogP contribution < -0.4 is 21.1 Å². The van der Waals surface area contributed by atoms with E-state index in [4.69, 9.17) is 15.3 Å². The summed E-state index contributed by atoms with van der Waals surface area (Å²) >= 11 is 1.18. The lowest BCUT2D eigenvalue weighted by atomic mass is 10.1. The fourth-order valence-electron chi connectivity index (χ4n) is 3.93. The van der Waals surface area contributed by atoms with Gasteiger partial charge in [0, 0.05) is 33.4 Å². The molecular weight excluding hydrogens is 614 g/mol. The molecule has 0 saturated heterocycles. The Balaban J connectivity index is 0.000000459. The first-order valence-electron chi connectivity index (χ1n) is 13.3. The number of hydrogen-bond donors (Lipinski definition) is 7. The number of nitrogens with one attached hydrogen (secondary N) is 3. The number of hydrogen-bond acceptors (Lipinski definition) is 10. The molecule has 1 aromatic carbocycles. The number of carbonyl (C=O) groups is 6. The summed E-state index contributed by atoms with van der Waals surface area (Å²) in [6.07, 6.45) is -0.954. The summed E-state index contributed by atoms with van der Waals surface area (Å²) in [6.45, 7) is 3.37. The number of aromatic amines is 1. The first-order valence-corrected chi connectivity index (χ1v) is 14.2. The lowest BCUT2D eigenvalue weighted by Crippen LogP contribution is -2.40. The van der Waals surface area contributed by atoms with Crippen molar-refractivity contribution in [2.75, 3.05) is 11.9 Å². The molecular formula is C28H33N5O11S. The quantitative estimate of drug-likeness (QED) is 0.131. The molecule has 45 heavy (non-hydrogen) atoms. The summed E-state index contributed by atoms with van der Waals surface area (Å²) in [7, 11) is 1.84. The van der Waals surface area contributed by atoms with Gasteiger partial charge in [0.15, 0.2) is 0 Å². The van der Waals surface area contributed by atoms with E-state index in [0.717, 1.165) is 10.6 Å². The highest BCUT2D eigenvalue weighted by atomic mass is 32.1. The van der Waals surface area contributed by atoms with Crippen molar-refractivity contribution < 1.29 is 49.2 Å². The van der Waals surface area contributed by atoms with Crippen LogP contribution in [0.3, 0.4) is 0 Å². The molecule has 0 bridgehead atoms. The van der Waals surface area contributed by atoms with Gasteiger partial charge in [0.2, 0.25) is 5.91 Å². The van der Waals surface area contributed by atoms with Crippen LogP contribution >= 0.6 is 11.3 Å². The van der Waals surface area contributed by atoms with Crippen LogP contribution in [0.1, 0.15) is 53.7 Å². The van der Waals surface area contributed by atoms with Crippen LogP contribution in [0.2, 0.25) is 0 Å². The Morgan fingerprint density at radius 1 is 0.911 bits per heavy atom. The van der Waals surface area contributed by atoms with Crippen molar-refractivity contribution >= 4 is 62.9 Å². The maximum Gasteiger partial charge on any atom is 0.326 e. The second-order valence-corrected chi connectivity index (χ2v) is 10.9. The lowest BCUT2D eigenvalue weighted by molar-refractivity contribution is -0.143. The zero-order chi connectivity index (χ0) is 33.8. The fourth-order valence-corrected chi connectivity index (χ4v) is 4.80. The molecule has 0 spiro atoms. The number of thiophene rings is 1. The van der Waals surface area contributed by atoms with Gasteiger partial charge in [0.1, 0.15) is 17.9 Å². The van der Waals surface area contributed by atoms with E-state index >= 15 is 0 Å². The smallest absolute Gasteiger partial charge is 0.326 e. The van der Waals surface area contributed by atoms with Crippen molar-refractivity contribution in [2.45, 2.75) is 58.2 Å². The summed E-state index contributed by atoms with van der Waals surface area (Å²) in [5.41, 5.74) is 1.29. The van der Waals surface area contributed by atoms with Gasteiger partial charge in [-0.1, -0.05) is 6.07 Å². The Morgan fingerprint density at radius 2 is 1.49 bits per heavy atom. The van der Waals surface area contributed by atoms with E-state index in [1.54, 1.807) is 31.2 Å². The van der Waals surface area contributed by atoms with Crippen LogP contribution in [0, 0.1) is 6.92 Å². The first-order chi connectivity index (χ1) is 21.1. The Bertz CT molecular complexity index is 1630. The zero-order valence-corrected chi connectivity index (χ0v) is 25.3. The molecule has 0 radical (unpaired) electrons. The topological polar surface area (TPSA) is 256 Å². The van der Waals surface area contributed by atoms with Crippen LogP contribution in [0.4, 0.5) is 5.00 Å². The third-order valence-corrected chi connectivity index (χ3v) is 7.27. The highest BCUT2D eigenvalue weighted by Gasteiger charge is 2.23. The number of anilines is 1. The summed E-state index contributed by atoms with van der Waals surface area (Å²) in [5, 5.41) is 40.5. The number of fused-ring (bicyclic) bond motifs is 1. The van der Waals surface area contributed by atoms with E-state index < -0.39 is 47.8 Å². The van der Waals surface area contributed by atoms with Crippen molar-refractivity contribution in [3.63, 3.8) is 0 Å². The van der Waals surface area contributed by atoms with Crippen molar-refractivity contribution in [1.82, 2.24) is 20.6 Å². The van der Waals surface area contributed by atoms with Crippen LogP contribution in [0.25, 0.3) is 10.9 Å². The third-order valence-electron chi connectivity index (χ3n) is 6.07. The number of carboxylic acids is 4. The second-order valence-electron chi connectivity index (χ2n) is 9.82. The van der Waals surface area contributed by atoms with Gasteiger partial charge < -0.3 is 40.9 Å². The number of benzene rings is 1. The molecule has 3 rings (SSSR count). The summed E-state index contributed by atoms with van der Waals surface area (Å²) < 4.78 is 0. The minimum absolute atomic E-state index is 0.107. The highest BCUT2D eigenvalue weighted by molar-refractivity contribution is 7.18. The van der Waals surface area contributed by atoms with Crippen LogP contribution in [-0.4, -0.2) is 85.2 Å². The van der Waals surface area contributed by atoms with Crippen LogP contribution in [0.5, 0.6) is 0 Å². The van der Waals surface area contributed by atoms with Crippen molar-refractivity contribution in [3.8, 4) is 0 Å². The van der Waals surface area contributed by atoms with E-state index in [2.05, 4.69) is 20.6 Å². The van der Waals surface area contributed by atoms with Crippen LogP contribution in [0.15, 0.2) is 35.1 Å². The number of aliphatic carboxylic acids is 4. The SMILES string of the molecule is CC(=O)NC(CCC(=O)O)C(=O)O.Cc1nc2ccc(CN(C)c3ccc(C(=O)N[C@@H](CCC(=O)O)C(=O)O)s3)cc2c(=O)[nH]1. The molecule has 1 unspecified atom stereocenters. The van der Waals surface area contributed by atoms with Gasteiger partial charge in [0.05, 0.1) is 20.8 Å². The van der Waals surface area contributed by atoms with Gasteiger partial charge in [-0.15, -0.1) is 11.3 Å². The number of aromatic nitrogens is 2. The molecule has 0 fully saturated rings. The zero-order valence-electron chi connectivity index (χ0n) is 24.5. The van der Waals surface area contributed by atoms with Gasteiger partial charge in [-0.3, -0.25) is 24.0 Å². The van der Waals surface area contributed by atoms with E-state index in [0.29, 0.717) is 28.1 Å². The minimum atomic E-state index is -1.29. The molecule has 0 saturated carbocycles. The number of nitrogens with zero attached hydrogens (tertiary/aromatic N) is 2. The Labute approximate surface area is 259 Å². The average Bonchev–Trinajstić information content (AvgIpc) is 3.44. The predicted octanol–water partition coefficient (Wildman–Crippen LogP) is 1.42. The molecule has 2 heterocycles. The Morgan fingerprint density at radius 3 is 2.02 bits per heavy atom. The maximum atomic E-state index is 12.4. The van der Waals surface area contributed by atoms with E-state index in [1.165, 1.54) is 18.3 Å². The molecule has 2 atom stereocenters. The van der Waals surface area contributed by atoms with E-state index in [9.17, 15) is 38.7 Å². The van der Waals surface area contributed by atoms with Crippen molar-refractivity contribution in [1.29, 1.82) is 0 Å². The molecule has 17 heteroatoms. The molecule has 2 aromatic heterocycles. The molecule has 242 valence electrons. The summed E-state index contributed by atoms with van der Waals surface area (Å²) in [4.78, 5) is 86.8. The fraction of sp³-hybridized carbons (Fsp3) is 0.357. The number of aryl methyl sites for hydroxylation is 1. The monoisotopic (exact) mass is 647 g/mol. The minimum Gasteiger partial charge on any atom is -0.481 e. The molecule has 16 nitrogen and oxygen atoms in total. The first kappa shape index (κ1) is 35.9. The summed E-state index contributed by atoms with van der Waals surface area (Å²) in [5.74, 6) is -5.25. The number of rotatable bonds is 14. The number of H-pyrrole nitrogens is 1. The molecule has 0 aliphatic rings.